The highest BCUT2D eigenvalue weighted by molar-refractivity contribution is 9.10. The maximum absolute atomic E-state index is 5.63. The molecule has 0 aliphatic heterocycles. The van der Waals surface area contributed by atoms with Crippen LogP contribution >= 0.6 is 15.9 Å². The van der Waals surface area contributed by atoms with Crippen molar-refractivity contribution in [2.24, 2.45) is 0 Å². The summed E-state index contributed by atoms with van der Waals surface area (Å²) in [6, 6.07) is 13.8. The zero-order valence-corrected chi connectivity index (χ0v) is 10.5. The van der Waals surface area contributed by atoms with Crippen molar-refractivity contribution in [1.29, 1.82) is 0 Å². The van der Waals surface area contributed by atoms with Gasteiger partial charge >= 0.3 is 0 Å². The topological polar surface area (TPSA) is 38.9 Å². The summed E-state index contributed by atoms with van der Waals surface area (Å²) in [4.78, 5) is 8.61. The minimum absolute atomic E-state index is 0.644. The van der Waals surface area contributed by atoms with Crippen LogP contribution in [0.1, 0.15) is 11.5 Å². The summed E-state index contributed by atoms with van der Waals surface area (Å²) >= 11 is 3.32. The first-order chi connectivity index (χ1) is 8.31. The molecule has 2 heterocycles. The number of aromatic nitrogens is 2. The summed E-state index contributed by atoms with van der Waals surface area (Å²) in [5.74, 6) is 0.691. The molecule has 3 rings (SSSR count). The van der Waals surface area contributed by atoms with Crippen LogP contribution in [-0.4, -0.2) is 9.97 Å². The van der Waals surface area contributed by atoms with E-state index in [0.717, 1.165) is 10.2 Å². The van der Waals surface area contributed by atoms with Crippen molar-refractivity contribution in [3.05, 3.63) is 58.5 Å². The standard InChI is InChI=1S/C13H9BrN2O/c14-11-7-6-10-13(15-11)16-12(17-10)8-9-4-2-1-3-5-9/h1-7H,8H2. The van der Waals surface area contributed by atoms with Gasteiger partial charge in [-0.2, -0.15) is 4.98 Å². The van der Waals surface area contributed by atoms with Gasteiger partial charge < -0.3 is 4.42 Å². The molecule has 0 unspecified atom stereocenters. The van der Waals surface area contributed by atoms with Crippen LogP contribution in [0.25, 0.3) is 11.2 Å². The normalized spacial score (nSPS) is 10.9. The van der Waals surface area contributed by atoms with E-state index in [-0.39, 0.29) is 0 Å². The Kier molecular flexibility index (Phi) is 2.65. The number of nitrogens with zero attached hydrogens (tertiary/aromatic N) is 2. The van der Waals surface area contributed by atoms with E-state index in [1.54, 1.807) is 0 Å². The van der Waals surface area contributed by atoms with Gasteiger partial charge in [-0.15, -0.1) is 0 Å². The Morgan fingerprint density at radius 1 is 1.00 bits per heavy atom. The second-order valence-electron chi connectivity index (χ2n) is 3.73. The van der Waals surface area contributed by atoms with Gasteiger partial charge in [-0.1, -0.05) is 30.3 Å². The molecule has 3 aromatic rings. The number of benzene rings is 1. The highest BCUT2D eigenvalue weighted by Crippen LogP contribution is 2.18. The minimum Gasteiger partial charge on any atom is -0.439 e. The van der Waals surface area contributed by atoms with E-state index in [1.807, 2.05) is 30.3 Å². The third-order valence-electron chi connectivity index (χ3n) is 2.46. The molecule has 0 spiro atoms. The first-order valence-corrected chi connectivity index (χ1v) is 6.06. The van der Waals surface area contributed by atoms with E-state index in [1.165, 1.54) is 5.56 Å². The Labute approximate surface area is 107 Å². The van der Waals surface area contributed by atoms with E-state index in [0.29, 0.717) is 18.0 Å². The van der Waals surface area contributed by atoms with Crippen LogP contribution in [0.2, 0.25) is 0 Å². The summed E-state index contributed by atoms with van der Waals surface area (Å²) in [7, 11) is 0. The van der Waals surface area contributed by atoms with Gasteiger partial charge in [0.1, 0.15) is 4.60 Å². The molecule has 4 heteroatoms. The molecule has 0 saturated heterocycles. The number of hydrogen-bond acceptors (Lipinski definition) is 3. The zero-order chi connectivity index (χ0) is 11.7. The van der Waals surface area contributed by atoms with Crippen LogP contribution in [0.15, 0.2) is 51.5 Å². The van der Waals surface area contributed by atoms with Crippen LogP contribution in [0, 0.1) is 0 Å². The predicted molar refractivity (Wildman–Crippen MR) is 68.8 cm³/mol. The summed E-state index contributed by atoms with van der Waals surface area (Å²) in [6.07, 6.45) is 0.689. The van der Waals surface area contributed by atoms with Gasteiger partial charge in [0.25, 0.3) is 0 Å². The number of pyridine rings is 1. The molecular weight excluding hydrogens is 280 g/mol. The molecule has 0 radical (unpaired) electrons. The van der Waals surface area contributed by atoms with Gasteiger partial charge in [-0.25, -0.2) is 4.98 Å². The largest absolute Gasteiger partial charge is 0.439 e. The Bertz CT molecular complexity index is 649. The van der Waals surface area contributed by atoms with Crippen molar-refractivity contribution >= 4 is 27.2 Å². The van der Waals surface area contributed by atoms with Gasteiger partial charge in [-0.3, -0.25) is 0 Å². The lowest BCUT2D eigenvalue weighted by atomic mass is 10.2. The fourth-order valence-corrected chi connectivity index (χ4v) is 1.99. The van der Waals surface area contributed by atoms with E-state index >= 15 is 0 Å². The van der Waals surface area contributed by atoms with Crippen molar-refractivity contribution in [1.82, 2.24) is 9.97 Å². The third-order valence-corrected chi connectivity index (χ3v) is 2.90. The second-order valence-corrected chi connectivity index (χ2v) is 4.54. The van der Waals surface area contributed by atoms with Crippen LogP contribution < -0.4 is 0 Å². The molecule has 3 nitrogen and oxygen atoms in total. The fraction of sp³-hybridized carbons (Fsp3) is 0.0769. The van der Waals surface area contributed by atoms with E-state index in [9.17, 15) is 0 Å². The summed E-state index contributed by atoms with van der Waals surface area (Å²) in [5.41, 5.74) is 2.54. The van der Waals surface area contributed by atoms with E-state index in [2.05, 4.69) is 38.0 Å². The van der Waals surface area contributed by atoms with Crippen molar-refractivity contribution in [3.8, 4) is 0 Å². The molecule has 0 aliphatic carbocycles. The van der Waals surface area contributed by atoms with Crippen molar-refractivity contribution < 1.29 is 4.42 Å². The maximum atomic E-state index is 5.63. The Morgan fingerprint density at radius 3 is 2.65 bits per heavy atom. The molecule has 0 N–H and O–H groups in total. The fourth-order valence-electron chi connectivity index (χ4n) is 1.69. The average molecular weight is 289 g/mol. The maximum Gasteiger partial charge on any atom is 0.201 e. The van der Waals surface area contributed by atoms with Gasteiger partial charge in [0, 0.05) is 6.42 Å². The molecule has 0 bridgehead atoms. The van der Waals surface area contributed by atoms with Crippen LogP contribution in [0.4, 0.5) is 0 Å². The van der Waals surface area contributed by atoms with Crippen molar-refractivity contribution in [2.45, 2.75) is 6.42 Å². The Balaban J connectivity index is 1.96. The van der Waals surface area contributed by atoms with Crippen molar-refractivity contribution in [2.75, 3.05) is 0 Å². The van der Waals surface area contributed by atoms with E-state index < -0.39 is 0 Å². The first-order valence-electron chi connectivity index (χ1n) is 5.27. The van der Waals surface area contributed by atoms with Gasteiger partial charge in [0.15, 0.2) is 11.2 Å². The molecular formula is C13H9BrN2O. The molecule has 1 aromatic carbocycles. The number of halogens is 1. The summed E-state index contributed by atoms with van der Waals surface area (Å²) < 4.78 is 6.40. The summed E-state index contributed by atoms with van der Waals surface area (Å²) in [5, 5.41) is 0. The first kappa shape index (κ1) is 10.5. The van der Waals surface area contributed by atoms with E-state index in [4.69, 9.17) is 4.42 Å². The number of fused-ring (bicyclic) bond motifs is 1. The molecule has 17 heavy (non-hydrogen) atoms. The SMILES string of the molecule is Brc1ccc2oc(Cc3ccccc3)nc2n1. The molecule has 0 amide bonds. The molecule has 2 aromatic heterocycles. The van der Waals surface area contributed by atoms with Gasteiger partial charge in [0.05, 0.1) is 0 Å². The zero-order valence-electron chi connectivity index (χ0n) is 8.93. The highest BCUT2D eigenvalue weighted by Gasteiger charge is 2.07. The molecule has 84 valence electrons. The smallest absolute Gasteiger partial charge is 0.201 e. The second kappa shape index (κ2) is 4.30. The number of oxazole rings is 1. The highest BCUT2D eigenvalue weighted by atomic mass is 79.9. The number of rotatable bonds is 2. The van der Waals surface area contributed by atoms with Crippen LogP contribution in [0.3, 0.4) is 0 Å². The monoisotopic (exact) mass is 288 g/mol. The lowest BCUT2D eigenvalue weighted by Crippen LogP contribution is -1.87. The molecule has 0 saturated carbocycles. The lowest BCUT2D eigenvalue weighted by molar-refractivity contribution is 0.544. The molecule has 0 fully saturated rings. The average Bonchev–Trinajstić information content (AvgIpc) is 2.71. The third kappa shape index (κ3) is 2.22. The minimum atomic E-state index is 0.644. The van der Waals surface area contributed by atoms with Crippen LogP contribution in [0.5, 0.6) is 0 Å². The molecule has 0 atom stereocenters. The summed E-state index contributed by atoms with van der Waals surface area (Å²) in [6.45, 7) is 0. The van der Waals surface area contributed by atoms with Gasteiger partial charge in [0.2, 0.25) is 5.89 Å². The lowest BCUT2D eigenvalue weighted by Gasteiger charge is -1.94. The van der Waals surface area contributed by atoms with Crippen molar-refractivity contribution in [3.63, 3.8) is 0 Å². The Hall–Kier alpha value is -1.68. The molecule has 0 aliphatic rings. The predicted octanol–water partition coefficient (Wildman–Crippen LogP) is 3.58. The quantitative estimate of drug-likeness (QED) is 0.677. The number of hydrogen-bond donors (Lipinski definition) is 0. The van der Waals surface area contributed by atoms with Crippen LogP contribution in [-0.2, 0) is 6.42 Å². The Morgan fingerprint density at radius 2 is 1.82 bits per heavy atom. The van der Waals surface area contributed by atoms with Gasteiger partial charge in [-0.05, 0) is 33.6 Å².